The van der Waals surface area contributed by atoms with E-state index < -0.39 is 12.0 Å². The molecular weight excluding hydrogens is 209 g/mol. The molecular formula is C8H13F3N4. The van der Waals surface area contributed by atoms with Crippen LogP contribution in [-0.2, 0) is 19.3 Å². The van der Waals surface area contributed by atoms with Gasteiger partial charge in [-0.1, -0.05) is 13.8 Å². The Morgan fingerprint density at radius 2 is 1.93 bits per heavy atom. The molecule has 0 bridgehead atoms. The van der Waals surface area contributed by atoms with Crippen LogP contribution < -0.4 is 5.32 Å². The summed E-state index contributed by atoms with van der Waals surface area (Å²) < 4.78 is 37.9. The number of rotatable bonds is 0. The normalized spacial score (nSPS) is 15.3. The molecule has 1 aliphatic heterocycles. The maximum Gasteiger partial charge on any atom is 0.451 e. The molecule has 1 aromatic heterocycles. The van der Waals surface area contributed by atoms with Crippen LogP contribution in [-0.4, -0.2) is 21.3 Å². The summed E-state index contributed by atoms with van der Waals surface area (Å²) in [4.78, 5) is 0. The van der Waals surface area contributed by atoms with Gasteiger partial charge in [-0.25, -0.2) is 0 Å². The lowest BCUT2D eigenvalue weighted by molar-refractivity contribution is -0.147. The Hall–Kier alpha value is -1.11. The standard InChI is InChI=1S/C6H7F3N4.C2H6/c7-6(8,9)5-12-11-4-3-10-1-2-13(4)5;1-2/h10H,1-3H2;1-2H3. The largest absolute Gasteiger partial charge is 0.451 e. The summed E-state index contributed by atoms with van der Waals surface area (Å²) >= 11 is 0. The van der Waals surface area contributed by atoms with Crippen molar-refractivity contribution in [1.29, 1.82) is 0 Å². The molecule has 0 fully saturated rings. The molecule has 2 rings (SSSR count). The molecule has 0 aliphatic carbocycles. The maximum atomic E-state index is 12.3. The van der Waals surface area contributed by atoms with E-state index in [-0.39, 0.29) is 6.54 Å². The summed E-state index contributed by atoms with van der Waals surface area (Å²) in [6, 6.07) is 0. The number of alkyl halides is 3. The van der Waals surface area contributed by atoms with Gasteiger partial charge in [0.1, 0.15) is 5.82 Å². The molecule has 86 valence electrons. The van der Waals surface area contributed by atoms with E-state index in [1.54, 1.807) is 0 Å². The Morgan fingerprint density at radius 3 is 2.53 bits per heavy atom. The summed E-state index contributed by atoms with van der Waals surface area (Å²) in [5.74, 6) is -0.553. The molecule has 15 heavy (non-hydrogen) atoms. The van der Waals surface area contributed by atoms with Crippen molar-refractivity contribution in [1.82, 2.24) is 20.1 Å². The summed E-state index contributed by atoms with van der Waals surface area (Å²) in [6.45, 7) is 5.15. The predicted molar refractivity (Wildman–Crippen MR) is 48.1 cm³/mol. The lowest BCUT2D eigenvalue weighted by Gasteiger charge is -2.16. The van der Waals surface area contributed by atoms with Crippen LogP contribution >= 0.6 is 0 Å². The third-order valence-electron chi connectivity index (χ3n) is 1.88. The molecule has 1 N–H and O–H groups in total. The van der Waals surface area contributed by atoms with Crippen molar-refractivity contribution in [3.8, 4) is 0 Å². The molecule has 0 saturated carbocycles. The SMILES string of the molecule is CC.FC(F)(F)c1nnc2n1CCNC2. The van der Waals surface area contributed by atoms with E-state index in [0.717, 1.165) is 4.57 Å². The third kappa shape index (κ3) is 2.47. The van der Waals surface area contributed by atoms with E-state index in [2.05, 4.69) is 15.5 Å². The quantitative estimate of drug-likeness (QED) is 0.722. The van der Waals surface area contributed by atoms with Gasteiger partial charge in [0.15, 0.2) is 0 Å². The average Bonchev–Trinajstić information content (AvgIpc) is 2.63. The Morgan fingerprint density at radius 1 is 1.27 bits per heavy atom. The van der Waals surface area contributed by atoms with E-state index >= 15 is 0 Å². The minimum atomic E-state index is -4.40. The van der Waals surface area contributed by atoms with Gasteiger partial charge in [-0.3, -0.25) is 0 Å². The molecule has 0 aromatic carbocycles. The van der Waals surface area contributed by atoms with Gasteiger partial charge < -0.3 is 9.88 Å². The van der Waals surface area contributed by atoms with E-state index in [9.17, 15) is 13.2 Å². The molecule has 0 saturated heterocycles. The first-order valence-electron chi connectivity index (χ1n) is 4.79. The van der Waals surface area contributed by atoms with Crippen LogP contribution in [0.5, 0.6) is 0 Å². The van der Waals surface area contributed by atoms with E-state index in [0.29, 0.717) is 18.9 Å². The number of halogens is 3. The fourth-order valence-corrected chi connectivity index (χ4v) is 1.30. The summed E-state index contributed by atoms with van der Waals surface area (Å²) in [5, 5.41) is 9.49. The second-order valence-corrected chi connectivity index (χ2v) is 2.77. The summed E-state index contributed by atoms with van der Waals surface area (Å²) in [5.41, 5.74) is 0. The van der Waals surface area contributed by atoms with E-state index in [1.165, 1.54) is 0 Å². The number of aromatic nitrogens is 3. The molecule has 1 aliphatic rings. The van der Waals surface area contributed by atoms with Gasteiger partial charge in [-0.05, 0) is 0 Å². The van der Waals surface area contributed by atoms with E-state index in [4.69, 9.17) is 0 Å². The lowest BCUT2D eigenvalue weighted by atomic mass is 10.4. The Balaban J connectivity index is 0.000000531. The average molecular weight is 222 g/mol. The van der Waals surface area contributed by atoms with Crippen molar-refractivity contribution in [3.63, 3.8) is 0 Å². The topological polar surface area (TPSA) is 42.7 Å². The lowest BCUT2D eigenvalue weighted by Crippen LogP contribution is -2.30. The van der Waals surface area contributed by atoms with Crippen LogP contribution in [0.25, 0.3) is 0 Å². The number of nitrogens with zero attached hydrogens (tertiary/aromatic N) is 3. The van der Waals surface area contributed by atoms with Gasteiger partial charge in [-0.2, -0.15) is 13.2 Å². The monoisotopic (exact) mass is 222 g/mol. The van der Waals surface area contributed by atoms with Crippen LogP contribution in [0, 0.1) is 0 Å². The fraction of sp³-hybridized carbons (Fsp3) is 0.750. The minimum Gasteiger partial charge on any atom is -0.308 e. The number of nitrogens with one attached hydrogen (secondary N) is 1. The molecule has 1 aromatic rings. The van der Waals surface area contributed by atoms with Crippen LogP contribution in [0.3, 0.4) is 0 Å². The summed E-state index contributed by atoms with van der Waals surface area (Å²) in [7, 11) is 0. The van der Waals surface area contributed by atoms with Gasteiger partial charge in [0.2, 0.25) is 5.82 Å². The fourth-order valence-electron chi connectivity index (χ4n) is 1.30. The first kappa shape index (κ1) is 12.0. The van der Waals surface area contributed by atoms with Gasteiger partial charge in [0.05, 0.1) is 6.54 Å². The third-order valence-corrected chi connectivity index (χ3v) is 1.88. The molecule has 2 heterocycles. The minimum absolute atomic E-state index is 0.275. The Bertz CT molecular complexity index is 318. The van der Waals surface area contributed by atoms with Crippen LogP contribution in [0.15, 0.2) is 0 Å². The smallest absolute Gasteiger partial charge is 0.308 e. The highest BCUT2D eigenvalue weighted by Gasteiger charge is 2.38. The number of fused-ring (bicyclic) bond motifs is 1. The van der Waals surface area contributed by atoms with Crippen molar-refractivity contribution < 1.29 is 13.2 Å². The highest BCUT2D eigenvalue weighted by molar-refractivity contribution is 5.01. The Kier molecular flexibility index (Phi) is 3.67. The summed E-state index contributed by atoms with van der Waals surface area (Å²) in [6.07, 6.45) is -4.40. The molecule has 7 heteroatoms. The van der Waals surface area contributed by atoms with Crippen LogP contribution in [0.4, 0.5) is 13.2 Å². The van der Waals surface area contributed by atoms with Crippen molar-refractivity contribution in [2.24, 2.45) is 0 Å². The second kappa shape index (κ2) is 4.61. The zero-order valence-electron chi connectivity index (χ0n) is 8.60. The van der Waals surface area contributed by atoms with Crippen LogP contribution in [0.1, 0.15) is 25.5 Å². The highest BCUT2D eigenvalue weighted by atomic mass is 19.4. The van der Waals surface area contributed by atoms with Gasteiger partial charge in [0, 0.05) is 13.1 Å². The van der Waals surface area contributed by atoms with Crippen LogP contribution in [0.2, 0.25) is 0 Å². The van der Waals surface area contributed by atoms with E-state index in [1.807, 2.05) is 13.8 Å². The van der Waals surface area contributed by atoms with Crippen molar-refractivity contribution in [2.75, 3.05) is 6.54 Å². The zero-order valence-corrected chi connectivity index (χ0v) is 8.60. The molecule has 4 nitrogen and oxygen atoms in total. The number of hydrogen-bond acceptors (Lipinski definition) is 3. The maximum absolute atomic E-state index is 12.3. The molecule has 0 unspecified atom stereocenters. The first-order chi connectivity index (χ1) is 7.09. The zero-order chi connectivity index (χ0) is 11.5. The van der Waals surface area contributed by atoms with Gasteiger partial charge in [-0.15, -0.1) is 10.2 Å². The first-order valence-corrected chi connectivity index (χ1v) is 4.79. The van der Waals surface area contributed by atoms with Crippen molar-refractivity contribution in [2.45, 2.75) is 33.1 Å². The Labute approximate surface area is 85.5 Å². The molecule has 0 radical (unpaired) electrons. The highest BCUT2D eigenvalue weighted by Crippen LogP contribution is 2.28. The van der Waals surface area contributed by atoms with Gasteiger partial charge in [0.25, 0.3) is 0 Å². The number of hydrogen-bond donors (Lipinski definition) is 1. The van der Waals surface area contributed by atoms with Gasteiger partial charge >= 0.3 is 6.18 Å². The van der Waals surface area contributed by atoms with Crippen molar-refractivity contribution >= 4 is 0 Å². The molecule has 0 spiro atoms. The van der Waals surface area contributed by atoms with Crippen molar-refractivity contribution in [3.05, 3.63) is 11.6 Å². The predicted octanol–water partition coefficient (Wildman–Crippen LogP) is 1.43. The molecule has 0 amide bonds. The second-order valence-electron chi connectivity index (χ2n) is 2.77. The molecule has 0 atom stereocenters.